The Hall–Kier alpha value is -2.37. The number of hydrogen-bond donors (Lipinski definition) is 1. The molecule has 0 unspecified atom stereocenters. The van der Waals surface area contributed by atoms with Gasteiger partial charge in [0.15, 0.2) is 0 Å². The van der Waals surface area contributed by atoms with Crippen molar-refractivity contribution in [2.75, 3.05) is 0 Å². The number of sulfonamides is 1. The molecule has 148 valence electrons. The highest BCUT2D eigenvalue weighted by Crippen LogP contribution is 2.23. The van der Waals surface area contributed by atoms with Crippen LogP contribution in [0.2, 0.25) is 0 Å². The van der Waals surface area contributed by atoms with Crippen molar-refractivity contribution in [1.82, 2.24) is 9.29 Å². The van der Waals surface area contributed by atoms with Crippen molar-refractivity contribution in [3.8, 4) is 0 Å². The van der Waals surface area contributed by atoms with Gasteiger partial charge in [0.1, 0.15) is 0 Å². The lowest BCUT2D eigenvalue weighted by molar-refractivity contribution is 0.575. The lowest BCUT2D eigenvalue weighted by atomic mass is 9.87. The Morgan fingerprint density at radius 2 is 1.57 bits per heavy atom. The van der Waals surface area contributed by atoms with Crippen molar-refractivity contribution < 1.29 is 8.42 Å². The van der Waals surface area contributed by atoms with Gasteiger partial charge < -0.3 is 4.57 Å². The highest BCUT2D eigenvalue weighted by atomic mass is 32.2. The Labute approximate surface area is 168 Å². The summed E-state index contributed by atoms with van der Waals surface area (Å²) in [5, 5.41) is 0. The molecule has 1 aromatic heterocycles. The molecule has 3 aromatic rings. The number of nitrogens with zero attached hydrogens (tertiary/aromatic N) is 1. The molecule has 0 atom stereocenters. The van der Waals surface area contributed by atoms with Crippen LogP contribution < -0.4 is 4.72 Å². The maximum absolute atomic E-state index is 12.7. The molecule has 2 aromatic carbocycles. The van der Waals surface area contributed by atoms with Gasteiger partial charge in [-0.25, -0.2) is 13.1 Å². The standard InChI is InChI=1S/C23H28N2O2S/c1-18-7-9-19(10-8-18)17-25-15-5-6-21(25)16-24-28(26,27)22-13-11-20(12-14-22)23(2,3)4/h5-15,24H,16-17H2,1-4H3. The molecule has 28 heavy (non-hydrogen) atoms. The van der Waals surface area contributed by atoms with Crippen molar-refractivity contribution in [2.24, 2.45) is 0 Å². The van der Waals surface area contributed by atoms with E-state index in [1.165, 1.54) is 11.1 Å². The Morgan fingerprint density at radius 3 is 2.18 bits per heavy atom. The van der Waals surface area contributed by atoms with Crippen LogP contribution in [0.1, 0.15) is 43.2 Å². The molecule has 0 bridgehead atoms. The Kier molecular flexibility index (Phi) is 5.77. The smallest absolute Gasteiger partial charge is 0.240 e. The van der Waals surface area contributed by atoms with E-state index < -0.39 is 10.0 Å². The van der Waals surface area contributed by atoms with Gasteiger partial charge in [-0.1, -0.05) is 62.7 Å². The molecule has 0 fully saturated rings. The first-order valence-electron chi connectivity index (χ1n) is 9.45. The van der Waals surface area contributed by atoms with Gasteiger partial charge in [0, 0.05) is 18.4 Å². The van der Waals surface area contributed by atoms with Crippen LogP contribution in [0, 0.1) is 6.92 Å². The van der Waals surface area contributed by atoms with Crippen molar-refractivity contribution in [1.29, 1.82) is 0 Å². The highest BCUT2D eigenvalue weighted by Gasteiger charge is 2.18. The number of aromatic nitrogens is 1. The molecule has 0 aliphatic carbocycles. The quantitative estimate of drug-likeness (QED) is 0.661. The fraction of sp³-hybridized carbons (Fsp3) is 0.304. The zero-order valence-electron chi connectivity index (χ0n) is 16.9. The summed E-state index contributed by atoms with van der Waals surface area (Å²) in [6, 6.07) is 19.4. The van der Waals surface area contributed by atoms with E-state index in [1.807, 2.05) is 30.5 Å². The first-order chi connectivity index (χ1) is 13.1. The normalized spacial score (nSPS) is 12.3. The monoisotopic (exact) mass is 396 g/mol. The van der Waals surface area contributed by atoms with E-state index in [-0.39, 0.29) is 16.9 Å². The number of rotatable bonds is 6. The van der Waals surface area contributed by atoms with E-state index in [9.17, 15) is 8.42 Å². The summed E-state index contributed by atoms with van der Waals surface area (Å²) in [4.78, 5) is 0.289. The minimum atomic E-state index is -3.56. The zero-order valence-corrected chi connectivity index (χ0v) is 17.8. The summed E-state index contributed by atoms with van der Waals surface area (Å²) in [6.45, 7) is 9.35. The topological polar surface area (TPSA) is 51.1 Å². The maximum Gasteiger partial charge on any atom is 0.240 e. The predicted octanol–water partition coefficient (Wildman–Crippen LogP) is 4.62. The Bertz CT molecular complexity index is 1030. The van der Waals surface area contributed by atoms with Crippen LogP contribution in [0.15, 0.2) is 71.8 Å². The van der Waals surface area contributed by atoms with E-state index in [0.29, 0.717) is 6.54 Å². The van der Waals surface area contributed by atoms with E-state index in [2.05, 4.69) is 61.2 Å². The number of hydrogen-bond acceptors (Lipinski definition) is 2. The van der Waals surface area contributed by atoms with Crippen molar-refractivity contribution in [2.45, 2.75) is 51.1 Å². The third-order valence-corrected chi connectivity index (χ3v) is 6.29. The van der Waals surface area contributed by atoms with E-state index in [4.69, 9.17) is 0 Å². The highest BCUT2D eigenvalue weighted by molar-refractivity contribution is 7.89. The molecule has 0 amide bonds. The summed E-state index contributed by atoms with van der Waals surface area (Å²) >= 11 is 0. The third-order valence-electron chi connectivity index (χ3n) is 4.87. The van der Waals surface area contributed by atoms with E-state index in [0.717, 1.165) is 11.3 Å². The van der Waals surface area contributed by atoms with Gasteiger partial charge in [-0.15, -0.1) is 0 Å². The SMILES string of the molecule is Cc1ccc(Cn2cccc2CNS(=O)(=O)c2ccc(C(C)(C)C)cc2)cc1. The molecule has 5 heteroatoms. The van der Waals surface area contributed by atoms with Crippen LogP contribution in [-0.4, -0.2) is 13.0 Å². The van der Waals surface area contributed by atoms with Gasteiger partial charge in [0.2, 0.25) is 10.0 Å². The lowest BCUT2D eigenvalue weighted by Crippen LogP contribution is -2.25. The summed E-state index contributed by atoms with van der Waals surface area (Å²) in [7, 11) is -3.56. The molecule has 0 saturated carbocycles. The maximum atomic E-state index is 12.7. The molecule has 1 heterocycles. The molecule has 1 N–H and O–H groups in total. The second-order valence-electron chi connectivity index (χ2n) is 8.21. The van der Waals surface area contributed by atoms with Gasteiger partial charge in [0.05, 0.1) is 11.4 Å². The number of benzene rings is 2. The zero-order chi connectivity index (χ0) is 20.4. The largest absolute Gasteiger partial charge is 0.346 e. The van der Waals surface area contributed by atoms with Crippen LogP contribution in [0.4, 0.5) is 0 Å². The fourth-order valence-electron chi connectivity index (χ4n) is 3.04. The summed E-state index contributed by atoms with van der Waals surface area (Å²) in [5.74, 6) is 0. The minimum Gasteiger partial charge on any atom is -0.346 e. The molecule has 0 radical (unpaired) electrons. The second-order valence-corrected chi connectivity index (χ2v) is 9.98. The average Bonchev–Trinajstić information content (AvgIpc) is 3.08. The Morgan fingerprint density at radius 1 is 0.929 bits per heavy atom. The van der Waals surface area contributed by atoms with Crippen molar-refractivity contribution >= 4 is 10.0 Å². The van der Waals surface area contributed by atoms with Gasteiger partial charge >= 0.3 is 0 Å². The van der Waals surface area contributed by atoms with Gasteiger partial charge in [-0.05, 0) is 47.7 Å². The molecule has 3 rings (SSSR count). The molecule has 0 spiro atoms. The Balaban J connectivity index is 1.70. The number of aryl methyl sites for hydroxylation is 1. The summed E-state index contributed by atoms with van der Waals surface area (Å²) < 4.78 is 30.1. The summed E-state index contributed by atoms with van der Waals surface area (Å²) in [6.07, 6.45) is 1.97. The van der Waals surface area contributed by atoms with E-state index >= 15 is 0 Å². The van der Waals surface area contributed by atoms with Crippen LogP contribution in [0.5, 0.6) is 0 Å². The van der Waals surface area contributed by atoms with Gasteiger partial charge in [-0.3, -0.25) is 0 Å². The minimum absolute atomic E-state index is 0.00741. The second kappa shape index (κ2) is 7.94. The molecule has 0 aliphatic heterocycles. The number of nitrogens with one attached hydrogen (secondary N) is 1. The average molecular weight is 397 g/mol. The van der Waals surface area contributed by atoms with Gasteiger partial charge in [0.25, 0.3) is 0 Å². The van der Waals surface area contributed by atoms with Crippen LogP contribution in [-0.2, 0) is 28.5 Å². The van der Waals surface area contributed by atoms with Crippen molar-refractivity contribution in [3.63, 3.8) is 0 Å². The van der Waals surface area contributed by atoms with Crippen LogP contribution in [0.25, 0.3) is 0 Å². The molecular weight excluding hydrogens is 368 g/mol. The molecule has 0 saturated heterocycles. The fourth-order valence-corrected chi connectivity index (χ4v) is 4.04. The molecule has 4 nitrogen and oxygen atoms in total. The van der Waals surface area contributed by atoms with Crippen LogP contribution >= 0.6 is 0 Å². The molecule has 0 aliphatic rings. The summed E-state index contributed by atoms with van der Waals surface area (Å²) in [5.41, 5.74) is 4.44. The lowest BCUT2D eigenvalue weighted by Gasteiger charge is -2.19. The molecular formula is C23H28N2O2S. The van der Waals surface area contributed by atoms with Crippen molar-refractivity contribution in [3.05, 3.63) is 89.2 Å². The van der Waals surface area contributed by atoms with Gasteiger partial charge in [-0.2, -0.15) is 0 Å². The van der Waals surface area contributed by atoms with E-state index in [1.54, 1.807) is 12.1 Å². The third kappa shape index (κ3) is 4.91. The first kappa shape index (κ1) is 20.4. The predicted molar refractivity (Wildman–Crippen MR) is 114 cm³/mol. The van der Waals surface area contributed by atoms with Crippen LogP contribution in [0.3, 0.4) is 0 Å². The first-order valence-corrected chi connectivity index (χ1v) is 10.9.